The van der Waals surface area contributed by atoms with Crippen molar-refractivity contribution in [2.75, 3.05) is 0 Å². The Morgan fingerprint density at radius 3 is 2.94 bits per heavy atom. The molecule has 2 N–H and O–H groups in total. The predicted molar refractivity (Wildman–Crippen MR) is 70.6 cm³/mol. The smallest absolute Gasteiger partial charge is 0.138 e. The average molecular weight is 242 g/mol. The Morgan fingerprint density at radius 1 is 1.28 bits per heavy atom. The average Bonchev–Trinajstić information content (AvgIpc) is 2.81. The number of hydrogen-bond donors (Lipinski definition) is 1. The van der Waals surface area contributed by atoms with Crippen molar-refractivity contribution < 1.29 is 0 Å². The summed E-state index contributed by atoms with van der Waals surface area (Å²) in [5.74, 6) is 0.950. The van der Waals surface area contributed by atoms with E-state index in [1.165, 1.54) is 24.2 Å². The molecule has 0 amide bonds. The van der Waals surface area contributed by atoms with Crippen molar-refractivity contribution in [1.82, 2.24) is 14.5 Å². The van der Waals surface area contributed by atoms with Crippen LogP contribution in [0.2, 0.25) is 0 Å². The first-order valence-corrected chi connectivity index (χ1v) is 6.51. The molecule has 2 aromatic rings. The SMILES string of the molecule is Cc1cc(CN)cc(-n2cnc3c2CCCC3)n1. The van der Waals surface area contributed by atoms with Crippen LogP contribution in [-0.4, -0.2) is 14.5 Å². The van der Waals surface area contributed by atoms with E-state index in [-0.39, 0.29) is 0 Å². The van der Waals surface area contributed by atoms with Gasteiger partial charge in [0.2, 0.25) is 0 Å². The molecule has 1 aliphatic carbocycles. The second-order valence-corrected chi connectivity index (χ2v) is 4.89. The summed E-state index contributed by atoms with van der Waals surface area (Å²) in [4.78, 5) is 9.11. The number of pyridine rings is 1. The lowest BCUT2D eigenvalue weighted by Gasteiger charge is -2.14. The van der Waals surface area contributed by atoms with Crippen LogP contribution in [0.3, 0.4) is 0 Å². The summed E-state index contributed by atoms with van der Waals surface area (Å²) in [7, 11) is 0. The number of aryl methyl sites for hydroxylation is 2. The quantitative estimate of drug-likeness (QED) is 0.875. The lowest BCUT2D eigenvalue weighted by atomic mass is 10.0. The Balaban J connectivity index is 2.09. The van der Waals surface area contributed by atoms with E-state index in [1.807, 2.05) is 19.3 Å². The van der Waals surface area contributed by atoms with Crippen molar-refractivity contribution in [3.05, 3.63) is 41.1 Å². The van der Waals surface area contributed by atoms with Crippen LogP contribution in [0.4, 0.5) is 0 Å². The zero-order valence-electron chi connectivity index (χ0n) is 10.7. The minimum Gasteiger partial charge on any atom is -0.326 e. The van der Waals surface area contributed by atoms with Gasteiger partial charge in [0.15, 0.2) is 0 Å². The predicted octanol–water partition coefficient (Wildman–Crippen LogP) is 1.91. The van der Waals surface area contributed by atoms with Gasteiger partial charge in [-0.2, -0.15) is 0 Å². The van der Waals surface area contributed by atoms with Gasteiger partial charge < -0.3 is 5.73 Å². The Hall–Kier alpha value is -1.68. The second kappa shape index (κ2) is 4.53. The largest absolute Gasteiger partial charge is 0.326 e. The molecular weight excluding hydrogens is 224 g/mol. The number of imidazole rings is 1. The summed E-state index contributed by atoms with van der Waals surface area (Å²) in [5.41, 5.74) is 10.4. The van der Waals surface area contributed by atoms with Gasteiger partial charge in [0.05, 0.1) is 5.69 Å². The number of nitrogens with zero attached hydrogens (tertiary/aromatic N) is 3. The highest BCUT2D eigenvalue weighted by atomic mass is 15.1. The van der Waals surface area contributed by atoms with E-state index in [0.717, 1.165) is 29.9 Å². The second-order valence-electron chi connectivity index (χ2n) is 4.89. The van der Waals surface area contributed by atoms with E-state index in [4.69, 9.17) is 5.73 Å². The van der Waals surface area contributed by atoms with Crippen LogP contribution in [-0.2, 0) is 19.4 Å². The fourth-order valence-corrected chi connectivity index (χ4v) is 2.63. The summed E-state index contributed by atoms with van der Waals surface area (Å²) in [6.45, 7) is 2.55. The highest BCUT2D eigenvalue weighted by Crippen LogP contribution is 2.22. The van der Waals surface area contributed by atoms with E-state index >= 15 is 0 Å². The molecule has 4 nitrogen and oxygen atoms in total. The van der Waals surface area contributed by atoms with Gasteiger partial charge in [0.25, 0.3) is 0 Å². The summed E-state index contributed by atoms with van der Waals surface area (Å²) in [6.07, 6.45) is 6.59. The first-order valence-electron chi connectivity index (χ1n) is 6.51. The molecule has 0 bridgehead atoms. The molecule has 0 saturated heterocycles. The lowest BCUT2D eigenvalue weighted by Crippen LogP contribution is -2.09. The van der Waals surface area contributed by atoms with Gasteiger partial charge in [-0.25, -0.2) is 9.97 Å². The van der Waals surface area contributed by atoms with Crippen LogP contribution < -0.4 is 5.73 Å². The van der Waals surface area contributed by atoms with Crippen molar-refractivity contribution in [3.8, 4) is 5.82 Å². The number of nitrogens with two attached hydrogens (primary N) is 1. The molecule has 0 atom stereocenters. The zero-order valence-corrected chi connectivity index (χ0v) is 10.7. The number of rotatable bonds is 2. The molecule has 0 aliphatic heterocycles. The van der Waals surface area contributed by atoms with E-state index in [0.29, 0.717) is 6.54 Å². The normalized spacial score (nSPS) is 14.6. The monoisotopic (exact) mass is 242 g/mol. The van der Waals surface area contributed by atoms with Gasteiger partial charge >= 0.3 is 0 Å². The van der Waals surface area contributed by atoms with Gasteiger partial charge in [0, 0.05) is 17.9 Å². The molecule has 0 fully saturated rings. The third kappa shape index (κ3) is 1.93. The van der Waals surface area contributed by atoms with Crippen molar-refractivity contribution >= 4 is 0 Å². The molecule has 18 heavy (non-hydrogen) atoms. The number of hydrogen-bond acceptors (Lipinski definition) is 3. The maximum atomic E-state index is 5.73. The Kier molecular flexibility index (Phi) is 2.88. The molecule has 94 valence electrons. The summed E-state index contributed by atoms with van der Waals surface area (Å²) >= 11 is 0. The van der Waals surface area contributed by atoms with E-state index in [9.17, 15) is 0 Å². The first kappa shape index (κ1) is 11.4. The van der Waals surface area contributed by atoms with E-state index < -0.39 is 0 Å². The van der Waals surface area contributed by atoms with Gasteiger partial charge in [-0.05, 0) is 50.3 Å². The Labute approximate surface area is 107 Å². The summed E-state index contributed by atoms with van der Waals surface area (Å²) in [6, 6.07) is 4.09. The van der Waals surface area contributed by atoms with Gasteiger partial charge in [-0.3, -0.25) is 4.57 Å². The molecule has 0 saturated carbocycles. The van der Waals surface area contributed by atoms with E-state index in [1.54, 1.807) is 0 Å². The van der Waals surface area contributed by atoms with Crippen molar-refractivity contribution in [2.24, 2.45) is 5.73 Å². The zero-order chi connectivity index (χ0) is 12.5. The molecule has 3 rings (SSSR count). The highest BCUT2D eigenvalue weighted by Gasteiger charge is 2.16. The molecule has 4 heteroatoms. The van der Waals surface area contributed by atoms with Crippen LogP contribution in [0, 0.1) is 6.92 Å². The molecular formula is C14H18N4. The number of aromatic nitrogens is 3. The molecule has 1 aliphatic rings. The molecule has 0 unspecified atom stereocenters. The van der Waals surface area contributed by atoms with E-state index in [2.05, 4.69) is 20.6 Å². The molecule has 2 aromatic heterocycles. The summed E-state index contributed by atoms with van der Waals surface area (Å²) in [5, 5.41) is 0. The van der Waals surface area contributed by atoms with Gasteiger partial charge in [-0.15, -0.1) is 0 Å². The Bertz CT molecular complexity index is 571. The summed E-state index contributed by atoms with van der Waals surface area (Å²) < 4.78 is 2.13. The van der Waals surface area contributed by atoms with Crippen LogP contribution in [0.15, 0.2) is 18.5 Å². The minimum absolute atomic E-state index is 0.549. The molecule has 0 aromatic carbocycles. The molecule has 0 radical (unpaired) electrons. The molecule has 2 heterocycles. The lowest BCUT2D eigenvalue weighted by molar-refractivity contribution is 0.654. The first-order chi connectivity index (χ1) is 8.78. The maximum absolute atomic E-state index is 5.73. The van der Waals surface area contributed by atoms with Gasteiger partial charge in [0.1, 0.15) is 12.1 Å². The number of fused-ring (bicyclic) bond motifs is 1. The fraction of sp³-hybridized carbons (Fsp3) is 0.429. The highest BCUT2D eigenvalue weighted by molar-refractivity contribution is 5.34. The topological polar surface area (TPSA) is 56.7 Å². The van der Waals surface area contributed by atoms with Crippen molar-refractivity contribution in [1.29, 1.82) is 0 Å². The van der Waals surface area contributed by atoms with Crippen LogP contribution in [0.25, 0.3) is 5.82 Å². The van der Waals surface area contributed by atoms with Crippen molar-refractivity contribution in [3.63, 3.8) is 0 Å². The third-order valence-electron chi connectivity index (χ3n) is 3.51. The molecule has 0 spiro atoms. The fourth-order valence-electron chi connectivity index (χ4n) is 2.63. The van der Waals surface area contributed by atoms with Gasteiger partial charge in [-0.1, -0.05) is 0 Å². The standard InChI is InChI=1S/C14H18N4/c1-10-6-11(8-15)7-14(17-10)18-9-16-12-4-2-3-5-13(12)18/h6-7,9H,2-5,8,15H2,1H3. The minimum atomic E-state index is 0.549. The van der Waals surface area contributed by atoms with Crippen LogP contribution in [0.1, 0.15) is 35.5 Å². The maximum Gasteiger partial charge on any atom is 0.138 e. The Morgan fingerprint density at radius 2 is 2.11 bits per heavy atom. The van der Waals surface area contributed by atoms with Crippen LogP contribution >= 0.6 is 0 Å². The third-order valence-corrected chi connectivity index (χ3v) is 3.51. The van der Waals surface area contributed by atoms with Crippen molar-refractivity contribution in [2.45, 2.75) is 39.2 Å². The van der Waals surface area contributed by atoms with Crippen LogP contribution in [0.5, 0.6) is 0 Å².